The summed E-state index contributed by atoms with van der Waals surface area (Å²) >= 11 is 0. The van der Waals surface area contributed by atoms with Crippen LogP contribution in [0.5, 0.6) is 0 Å². The van der Waals surface area contributed by atoms with Gasteiger partial charge >= 0.3 is 0 Å². The minimum atomic E-state index is -0.277. The Morgan fingerprint density at radius 1 is 1.40 bits per heavy atom. The van der Waals surface area contributed by atoms with Crippen molar-refractivity contribution in [1.82, 2.24) is 4.90 Å². The van der Waals surface area contributed by atoms with Crippen LogP contribution in [0.3, 0.4) is 0 Å². The van der Waals surface area contributed by atoms with Crippen LogP contribution < -0.4 is 5.73 Å². The Morgan fingerprint density at radius 3 is 2.70 bits per heavy atom. The number of carbonyl (C=O) groups excluding carboxylic acids is 1. The van der Waals surface area contributed by atoms with Gasteiger partial charge in [-0.15, -0.1) is 0 Å². The molecule has 1 saturated heterocycles. The zero-order chi connectivity index (χ0) is 14.2. The lowest BCUT2D eigenvalue weighted by Gasteiger charge is -2.36. The Hall–Kier alpha value is -1.39. The molecule has 1 heterocycles. The fourth-order valence-corrected chi connectivity index (χ4v) is 2.99. The minimum Gasteiger partial charge on any atom is -0.373 e. The van der Waals surface area contributed by atoms with Gasteiger partial charge in [-0.3, -0.25) is 4.79 Å². The van der Waals surface area contributed by atoms with Crippen LogP contribution in [0.2, 0.25) is 0 Å². The van der Waals surface area contributed by atoms with Crippen LogP contribution in [0.4, 0.5) is 0 Å². The van der Waals surface area contributed by atoms with Crippen molar-refractivity contribution in [3.05, 3.63) is 35.9 Å². The van der Waals surface area contributed by atoms with Crippen molar-refractivity contribution in [1.29, 1.82) is 0 Å². The van der Waals surface area contributed by atoms with Crippen LogP contribution in [0.15, 0.2) is 30.3 Å². The maximum atomic E-state index is 12.9. The number of benzene rings is 1. The third-order valence-corrected chi connectivity index (χ3v) is 4.45. The van der Waals surface area contributed by atoms with Crippen LogP contribution in [0, 0.1) is 0 Å². The average molecular weight is 274 g/mol. The van der Waals surface area contributed by atoms with E-state index in [9.17, 15) is 4.79 Å². The molecule has 1 aliphatic heterocycles. The zero-order valence-electron chi connectivity index (χ0n) is 11.9. The average Bonchev–Trinajstić information content (AvgIpc) is 3.29. The molecule has 1 amide bonds. The van der Waals surface area contributed by atoms with E-state index in [4.69, 9.17) is 10.5 Å². The maximum Gasteiger partial charge on any atom is 0.233 e. The third-order valence-electron chi connectivity index (χ3n) is 4.45. The van der Waals surface area contributed by atoms with E-state index >= 15 is 0 Å². The van der Waals surface area contributed by atoms with Crippen molar-refractivity contribution in [3.8, 4) is 0 Å². The van der Waals surface area contributed by atoms with Gasteiger partial charge in [-0.2, -0.15) is 0 Å². The summed E-state index contributed by atoms with van der Waals surface area (Å²) in [5.41, 5.74) is 6.77. The van der Waals surface area contributed by atoms with Crippen LogP contribution in [-0.4, -0.2) is 42.6 Å². The fraction of sp³-hybridized carbons (Fsp3) is 0.562. The number of morpholine rings is 1. The highest BCUT2D eigenvalue weighted by Gasteiger charge is 2.53. The molecule has 4 heteroatoms. The van der Waals surface area contributed by atoms with Gasteiger partial charge in [0, 0.05) is 19.1 Å². The Bertz CT molecular complexity index is 483. The molecule has 1 aliphatic carbocycles. The molecule has 108 valence electrons. The van der Waals surface area contributed by atoms with Crippen LogP contribution in [-0.2, 0) is 14.9 Å². The van der Waals surface area contributed by atoms with E-state index in [0.29, 0.717) is 19.7 Å². The van der Waals surface area contributed by atoms with Crippen molar-refractivity contribution in [3.63, 3.8) is 0 Å². The largest absolute Gasteiger partial charge is 0.373 e. The summed E-state index contributed by atoms with van der Waals surface area (Å²) in [6, 6.07) is 10.1. The molecule has 20 heavy (non-hydrogen) atoms. The molecule has 3 rings (SSSR count). The number of ether oxygens (including phenoxy) is 1. The molecule has 1 aromatic rings. The molecule has 2 fully saturated rings. The van der Waals surface area contributed by atoms with Crippen molar-refractivity contribution in [2.75, 3.05) is 19.7 Å². The fourth-order valence-electron chi connectivity index (χ4n) is 2.99. The lowest BCUT2D eigenvalue weighted by molar-refractivity contribution is -0.142. The number of nitrogens with zero attached hydrogens (tertiary/aromatic N) is 1. The van der Waals surface area contributed by atoms with E-state index in [1.807, 2.05) is 30.0 Å². The van der Waals surface area contributed by atoms with Gasteiger partial charge in [0.05, 0.1) is 18.1 Å². The highest BCUT2D eigenvalue weighted by atomic mass is 16.5. The highest BCUT2D eigenvalue weighted by molar-refractivity contribution is 5.91. The van der Waals surface area contributed by atoms with Crippen molar-refractivity contribution in [2.45, 2.75) is 37.3 Å². The van der Waals surface area contributed by atoms with Crippen LogP contribution in [0.25, 0.3) is 0 Å². The molecule has 0 bridgehead atoms. The lowest BCUT2D eigenvalue weighted by atomic mass is 9.94. The normalized spacial score (nSPS) is 26.1. The smallest absolute Gasteiger partial charge is 0.233 e. The van der Waals surface area contributed by atoms with E-state index in [2.05, 4.69) is 12.1 Å². The molecular formula is C16H22N2O2. The second-order valence-corrected chi connectivity index (χ2v) is 5.97. The number of hydrogen-bond acceptors (Lipinski definition) is 3. The molecule has 1 saturated carbocycles. The van der Waals surface area contributed by atoms with E-state index in [1.165, 1.54) is 0 Å². The summed E-state index contributed by atoms with van der Waals surface area (Å²) in [4.78, 5) is 14.8. The molecule has 4 nitrogen and oxygen atoms in total. The maximum absolute atomic E-state index is 12.9. The number of nitrogens with two attached hydrogens (primary N) is 1. The topological polar surface area (TPSA) is 55.6 Å². The first-order valence-electron chi connectivity index (χ1n) is 7.35. The van der Waals surface area contributed by atoms with E-state index in [0.717, 1.165) is 18.4 Å². The second kappa shape index (κ2) is 5.19. The predicted molar refractivity (Wildman–Crippen MR) is 77.3 cm³/mol. The molecule has 0 aromatic heterocycles. The Labute approximate surface area is 119 Å². The van der Waals surface area contributed by atoms with Gasteiger partial charge in [0.2, 0.25) is 5.91 Å². The molecule has 2 aliphatic rings. The molecule has 2 N–H and O–H groups in total. The first-order valence-corrected chi connectivity index (χ1v) is 7.35. The Balaban J connectivity index is 1.76. The SMILES string of the molecule is CC(N)C1CN(C(=O)C2(c3ccccc3)CC2)CCO1. The van der Waals surface area contributed by atoms with Gasteiger partial charge in [-0.05, 0) is 25.3 Å². The van der Waals surface area contributed by atoms with E-state index in [1.54, 1.807) is 0 Å². The summed E-state index contributed by atoms with van der Waals surface area (Å²) in [6.45, 7) is 3.81. The number of carbonyl (C=O) groups is 1. The molecule has 0 radical (unpaired) electrons. The third kappa shape index (κ3) is 2.34. The predicted octanol–water partition coefficient (Wildman–Crippen LogP) is 1.29. The van der Waals surface area contributed by atoms with Gasteiger partial charge in [0.1, 0.15) is 0 Å². The first kappa shape index (κ1) is 13.6. The van der Waals surface area contributed by atoms with E-state index < -0.39 is 0 Å². The van der Waals surface area contributed by atoms with Crippen molar-refractivity contribution < 1.29 is 9.53 Å². The second-order valence-electron chi connectivity index (χ2n) is 5.97. The van der Waals surface area contributed by atoms with Crippen molar-refractivity contribution in [2.24, 2.45) is 5.73 Å². The molecule has 1 aromatic carbocycles. The van der Waals surface area contributed by atoms with Crippen molar-refractivity contribution >= 4 is 5.91 Å². The summed E-state index contributed by atoms with van der Waals surface area (Å²) in [5.74, 6) is 0.248. The van der Waals surface area contributed by atoms with Gasteiger partial charge in [-0.25, -0.2) is 0 Å². The minimum absolute atomic E-state index is 0.0423. The van der Waals surface area contributed by atoms with Crippen LogP contribution in [0.1, 0.15) is 25.3 Å². The summed E-state index contributed by atoms with van der Waals surface area (Å²) in [7, 11) is 0. The number of rotatable bonds is 3. The van der Waals surface area contributed by atoms with E-state index in [-0.39, 0.29) is 23.5 Å². The zero-order valence-corrected chi connectivity index (χ0v) is 11.9. The summed E-state index contributed by atoms with van der Waals surface area (Å²) in [6.07, 6.45) is 1.87. The van der Waals surface area contributed by atoms with Gasteiger partial charge < -0.3 is 15.4 Å². The number of hydrogen-bond donors (Lipinski definition) is 1. The standard InChI is InChI=1S/C16H22N2O2/c1-12(17)14-11-18(9-10-20-14)15(19)16(7-8-16)13-5-3-2-4-6-13/h2-6,12,14H,7-11,17H2,1H3. The molecule has 0 spiro atoms. The van der Waals surface area contributed by atoms with Crippen LogP contribution >= 0.6 is 0 Å². The Kier molecular flexibility index (Phi) is 3.52. The number of amides is 1. The highest BCUT2D eigenvalue weighted by Crippen LogP contribution is 2.49. The van der Waals surface area contributed by atoms with Gasteiger partial charge in [-0.1, -0.05) is 30.3 Å². The Morgan fingerprint density at radius 2 is 2.10 bits per heavy atom. The molecule has 2 unspecified atom stereocenters. The monoisotopic (exact) mass is 274 g/mol. The first-order chi connectivity index (χ1) is 9.63. The summed E-state index contributed by atoms with van der Waals surface area (Å²) in [5, 5.41) is 0. The lowest BCUT2D eigenvalue weighted by Crippen LogP contribution is -2.53. The van der Waals surface area contributed by atoms with Gasteiger partial charge in [0.25, 0.3) is 0 Å². The summed E-state index contributed by atoms with van der Waals surface area (Å²) < 4.78 is 5.64. The van der Waals surface area contributed by atoms with Gasteiger partial charge in [0.15, 0.2) is 0 Å². The molecule has 2 atom stereocenters. The quantitative estimate of drug-likeness (QED) is 0.903. The molecular weight excluding hydrogens is 252 g/mol.